The van der Waals surface area contributed by atoms with Crippen molar-refractivity contribution >= 4 is 0 Å². The molecule has 3 unspecified atom stereocenters. The van der Waals surface area contributed by atoms with Crippen LogP contribution in [0.2, 0.25) is 0 Å². The van der Waals surface area contributed by atoms with Crippen LogP contribution in [0, 0.1) is 11.8 Å². The van der Waals surface area contributed by atoms with Crippen LogP contribution in [0.4, 0.5) is 0 Å². The van der Waals surface area contributed by atoms with Crippen molar-refractivity contribution in [3.63, 3.8) is 0 Å². The zero-order chi connectivity index (χ0) is 8.77. The summed E-state index contributed by atoms with van der Waals surface area (Å²) in [5.41, 5.74) is 0.113. The molecule has 1 saturated heterocycles. The van der Waals surface area contributed by atoms with E-state index in [0.717, 1.165) is 19.4 Å². The second-order valence-corrected chi connectivity index (χ2v) is 4.43. The third kappa shape index (κ3) is 1.34. The minimum atomic E-state index is -0.176. The van der Waals surface area contributed by atoms with Crippen molar-refractivity contribution in [3.05, 3.63) is 5.92 Å². The first-order chi connectivity index (χ1) is 5.62. The number of hydrogen-bond acceptors (Lipinski definition) is 2. The Labute approximate surface area is 73.9 Å². The second-order valence-electron chi connectivity index (χ2n) is 4.43. The predicted molar refractivity (Wildman–Crippen MR) is 46.6 cm³/mol. The summed E-state index contributed by atoms with van der Waals surface area (Å²) in [7, 11) is 0. The topological polar surface area (TPSA) is 32.8 Å². The third-order valence-electron chi connectivity index (χ3n) is 3.43. The van der Waals surface area contributed by atoms with Crippen molar-refractivity contribution in [3.8, 4) is 0 Å². The second kappa shape index (κ2) is 2.64. The van der Waals surface area contributed by atoms with E-state index in [1.807, 2.05) is 0 Å². The van der Waals surface area contributed by atoms with Gasteiger partial charge in [-0.05, 0) is 13.3 Å². The van der Waals surface area contributed by atoms with Gasteiger partial charge in [0.1, 0.15) is 5.92 Å². The van der Waals surface area contributed by atoms with Crippen LogP contribution >= 0.6 is 0 Å². The van der Waals surface area contributed by atoms with Crippen LogP contribution in [0.1, 0.15) is 33.1 Å². The summed E-state index contributed by atoms with van der Waals surface area (Å²) in [6, 6.07) is 0. The Morgan fingerprint density at radius 3 is 2.75 bits per heavy atom. The molecule has 1 aliphatic heterocycles. The van der Waals surface area contributed by atoms with E-state index in [2.05, 4.69) is 13.8 Å². The predicted octanol–water partition coefficient (Wildman–Crippen LogP) is 1.53. The highest BCUT2D eigenvalue weighted by Gasteiger charge is 2.51. The van der Waals surface area contributed by atoms with Gasteiger partial charge < -0.3 is 9.84 Å². The van der Waals surface area contributed by atoms with Crippen LogP contribution in [-0.4, -0.2) is 23.4 Å². The average molecular weight is 169 g/mol. The first-order valence-electron chi connectivity index (χ1n) is 4.76. The first kappa shape index (κ1) is 8.39. The van der Waals surface area contributed by atoms with Gasteiger partial charge in [-0.3, -0.25) is 0 Å². The summed E-state index contributed by atoms with van der Waals surface area (Å²) in [5.74, 6) is 1.83. The van der Waals surface area contributed by atoms with Gasteiger partial charge >= 0.3 is 0 Å². The fourth-order valence-electron chi connectivity index (χ4n) is 2.06. The Morgan fingerprint density at radius 1 is 1.58 bits per heavy atom. The van der Waals surface area contributed by atoms with Crippen LogP contribution in [0.5, 0.6) is 0 Å². The lowest BCUT2D eigenvalue weighted by atomic mass is 9.75. The molecular formula is C10H17O2+. The van der Waals surface area contributed by atoms with Crippen LogP contribution < -0.4 is 0 Å². The van der Waals surface area contributed by atoms with Gasteiger partial charge in [-0.25, -0.2) is 0 Å². The molecule has 2 heteroatoms. The van der Waals surface area contributed by atoms with E-state index in [-0.39, 0.29) is 11.7 Å². The van der Waals surface area contributed by atoms with Gasteiger partial charge in [-0.15, -0.1) is 0 Å². The zero-order valence-corrected chi connectivity index (χ0v) is 7.84. The highest BCUT2D eigenvalue weighted by Crippen LogP contribution is 2.44. The van der Waals surface area contributed by atoms with E-state index in [4.69, 9.17) is 4.74 Å². The Balaban J connectivity index is 1.94. The summed E-state index contributed by atoms with van der Waals surface area (Å²) < 4.78 is 5.40. The van der Waals surface area contributed by atoms with E-state index in [9.17, 15) is 5.11 Å². The molecule has 2 fully saturated rings. The Morgan fingerprint density at radius 2 is 2.25 bits per heavy atom. The van der Waals surface area contributed by atoms with Gasteiger partial charge in [-0.2, -0.15) is 0 Å². The summed E-state index contributed by atoms with van der Waals surface area (Å²) >= 11 is 0. The molecule has 0 aromatic heterocycles. The molecule has 1 aliphatic carbocycles. The number of rotatable bonds is 1. The molecule has 12 heavy (non-hydrogen) atoms. The number of aliphatic hydroxyl groups is 1. The highest BCUT2D eigenvalue weighted by molar-refractivity contribution is 5.05. The van der Waals surface area contributed by atoms with Gasteiger partial charge in [0.25, 0.3) is 0 Å². The van der Waals surface area contributed by atoms with Crippen LogP contribution in [0.25, 0.3) is 0 Å². The molecule has 1 saturated carbocycles. The van der Waals surface area contributed by atoms with Gasteiger partial charge in [0.15, 0.2) is 6.10 Å². The molecule has 3 atom stereocenters. The number of aliphatic hydroxyl groups excluding tert-OH is 1. The standard InChI is InChI=1S/C10H17O2/c1-7-3-4-8(5-9(7)11)10(2)6-12-10/h8-9,11H,3-6H2,1-2H3/q+1. The van der Waals surface area contributed by atoms with E-state index < -0.39 is 0 Å². The van der Waals surface area contributed by atoms with E-state index >= 15 is 0 Å². The van der Waals surface area contributed by atoms with Gasteiger partial charge in [0.2, 0.25) is 0 Å². The number of hydrogen-bond donors (Lipinski definition) is 1. The van der Waals surface area contributed by atoms with Gasteiger partial charge in [-0.1, -0.05) is 0 Å². The van der Waals surface area contributed by atoms with Gasteiger partial charge in [0.05, 0.1) is 25.6 Å². The molecule has 1 N–H and O–H groups in total. The van der Waals surface area contributed by atoms with Crippen molar-refractivity contribution in [2.75, 3.05) is 6.61 Å². The van der Waals surface area contributed by atoms with Crippen LogP contribution in [0.3, 0.4) is 0 Å². The molecular weight excluding hydrogens is 152 g/mol. The van der Waals surface area contributed by atoms with Crippen molar-refractivity contribution in [1.82, 2.24) is 0 Å². The zero-order valence-electron chi connectivity index (χ0n) is 7.84. The normalized spacial score (nSPS) is 47.8. The van der Waals surface area contributed by atoms with E-state index in [1.54, 1.807) is 0 Å². The molecule has 0 aromatic rings. The van der Waals surface area contributed by atoms with E-state index in [1.165, 1.54) is 12.3 Å². The molecule has 0 amide bonds. The largest absolute Gasteiger partial charge is 0.370 e. The van der Waals surface area contributed by atoms with Crippen LogP contribution in [0.15, 0.2) is 0 Å². The molecule has 0 aromatic carbocycles. The summed E-state index contributed by atoms with van der Waals surface area (Å²) in [6.07, 6.45) is 3.00. The fourth-order valence-corrected chi connectivity index (χ4v) is 2.06. The van der Waals surface area contributed by atoms with Gasteiger partial charge in [0, 0.05) is 12.3 Å². The summed E-state index contributed by atoms with van der Waals surface area (Å²) in [6.45, 7) is 5.10. The maximum atomic E-state index is 9.65. The Bertz CT molecular complexity index is 175. The summed E-state index contributed by atoms with van der Waals surface area (Å²) in [5, 5.41) is 9.65. The maximum Gasteiger partial charge on any atom is 0.196 e. The SMILES string of the molecule is C[C+]1CCC(C2(C)CO2)CC1O. The molecule has 68 valence electrons. The molecule has 2 aliphatic rings. The Hall–Kier alpha value is -0.210. The van der Waals surface area contributed by atoms with Crippen molar-refractivity contribution in [2.45, 2.75) is 44.8 Å². The smallest absolute Gasteiger partial charge is 0.196 e. The molecule has 2 rings (SSSR count). The Kier molecular flexibility index (Phi) is 1.85. The van der Waals surface area contributed by atoms with Crippen molar-refractivity contribution < 1.29 is 9.84 Å². The molecule has 0 radical (unpaired) electrons. The minimum Gasteiger partial charge on any atom is -0.370 e. The fraction of sp³-hybridized carbons (Fsp3) is 0.900. The quantitative estimate of drug-likeness (QED) is 0.477. The summed E-state index contributed by atoms with van der Waals surface area (Å²) in [4.78, 5) is 0. The maximum absolute atomic E-state index is 9.65. The molecule has 2 nitrogen and oxygen atoms in total. The number of ether oxygens (including phenoxy) is 1. The molecule has 0 spiro atoms. The molecule has 0 bridgehead atoms. The average Bonchev–Trinajstić information content (AvgIpc) is 2.75. The lowest BCUT2D eigenvalue weighted by Crippen LogP contribution is -2.33. The first-order valence-corrected chi connectivity index (χ1v) is 4.76. The van der Waals surface area contributed by atoms with E-state index in [0.29, 0.717) is 5.92 Å². The molecule has 1 heterocycles. The number of epoxide rings is 1. The lowest BCUT2D eigenvalue weighted by Gasteiger charge is -2.26. The third-order valence-corrected chi connectivity index (χ3v) is 3.43. The minimum absolute atomic E-state index is 0.113. The highest BCUT2D eigenvalue weighted by atomic mass is 16.6. The lowest BCUT2D eigenvalue weighted by molar-refractivity contribution is 0.0878. The van der Waals surface area contributed by atoms with Crippen LogP contribution in [-0.2, 0) is 4.74 Å². The monoisotopic (exact) mass is 169 g/mol. The van der Waals surface area contributed by atoms with Crippen molar-refractivity contribution in [2.24, 2.45) is 5.92 Å². The van der Waals surface area contributed by atoms with Crippen molar-refractivity contribution in [1.29, 1.82) is 0 Å².